The molecule has 4 nitrogen and oxygen atoms in total. The Morgan fingerprint density at radius 2 is 2.11 bits per heavy atom. The van der Waals surface area contributed by atoms with E-state index in [4.69, 9.17) is 0 Å². The maximum atomic E-state index is 11.9. The molecule has 2 rings (SSSR count). The van der Waals surface area contributed by atoms with E-state index in [1.54, 1.807) is 12.2 Å². The second kappa shape index (κ2) is 5.13. The molecule has 1 aliphatic heterocycles. The van der Waals surface area contributed by atoms with Crippen LogP contribution in [0.3, 0.4) is 0 Å². The predicted molar refractivity (Wildman–Crippen MR) is 74.3 cm³/mol. The number of rotatable bonds is 2. The Labute approximate surface area is 113 Å². The second-order valence-corrected chi connectivity index (χ2v) is 6.17. The molecule has 4 heteroatoms. The Bertz CT molecular complexity index is 505. The topological polar surface area (TPSA) is 58.2 Å². The number of allylic oxidation sites excluding steroid dienone is 2. The van der Waals surface area contributed by atoms with Crippen molar-refractivity contribution >= 4 is 11.7 Å². The summed E-state index contributed by atoms with van der Waals surface area (Å²) in [6, 6.07) is 0. The largest absolute Gasteiger partial charge is 0.323 e. The van der Waals surface area contributed by atoms with E-state index in [-0.39, 0.29) is 17.1 Å². The van der Waals surface area contributed by atoms with Crippen LogP contribution in [0.2, 0.25) is 0 Å². The van der Waals surface area contributed by atoms with E-state index in [9.17, 15) is 9.59 Å². The molecule has 0 spiro atoms. The molecule has 2 aliphatic rings. The van der Waals surface area contributed by atoms with Gasteiger partial charge < -0.3 is 10.6 Å². The number of carbonyl (C=O) groups is 2. The van der Waals surface area contributed by atoms with Crippen LogP contribution in [-0.4, -0.2) is 24.8 Å². The molecule has 1 heterocycles. The van der Waals surface area contributed by atoms with Crippen LogP contribution < -0.4 is 10.6 Å². The fraction of sp³-hybridized carbons (Fsp3) is 0.467. The van der Waals surface area contributed by atoms with Crippen molar-refractivity contribution in [2.75, 3.05) is 13.1 Å². The third-order valence-corrected chi connectivity index (χ3v) is 2.99. The zero-order chi connectivity index (χ0) is 14.0. The summed E-state index contributed by atoms with van der Waals surface area (Å²) in [5.74, 6) is -0.239. The van der Waals surface area contributed by atoms with Gasteiger partial charge in [0.2, 0.25) is 11.7 Å². The predicted octanol–water partition coefficient (Wildman–Crippen LogP) is 1.46. The first-order valence-corrected chi connectivity index (χ1v) is 6.53. The Morgan fingerprint density at radius 3 is 2.79 bits per heavy atom. The second-order valence-electron chi connectivity index (χ2n) is 6.17. The van der Waals surface area contributed by atoms with E-state index in [0.717, 1.165) is 17.7 Å². The van der Waals surface area contributed by atoms with Crippen molar-refractivity contribution in [3.05, 3.63) is 35.1 Å². The van der Waals surface area contributed by atoms with Gasteiger partial charge in [-0.05, 0) is 28.7 Å². The lowest BCUT2D eigenvalue weighted by atomic mass is 9.91. The Kier molecular flexibility index (Phi) is 3.71. The zero-order valence-electron chi connectivity index (χ0n) is 11.7. The average molecular weight is 260 g/mol. The van der Waals surface area contributed by atoms with Crippen LogP contribution in [-0.2, 0) is 9.59 Å². The molecule has 0 saturated heterocycles. The van der Waals surface area contributed by atoms with Crippen LogP contribution in [0.25, 0.3) is 0 Å². The minimum Gasteiger partial charge on any atom is -0.323 e. The number of carbonyl (C=O) groups excluding carboxylic acids is 2. The molecule has 19 heavy (non-hydrogen) atoms. The van der Waals surface area contributed by atoms with Crippen molar-refractivity contribution in [1.82, 2.24) is 10.6 Å². The molecule has 102 valence electrons. The van der Waals surface area contributed by atoms with E-state index >= 15 is 0 Å². The lowest BCUT2D eigenvalue weighted by molar-refractivity contribution is -0.123. The molecule has 0 fully saturated rings. The molecule has 0 bridgehead atoms. The highest BCUT2D eigenvalue weighted by atomic mass is 16.2. The maximum absolute atomic E-state index is 11.9. The molecule has 1 amide bonds. The van der Waals surface area contributed by atoms with Gasteiger partial charge in [0.15, 0.2) is 0 Å². The smallest absolute Gasteiger partial charge is 0.225 e. The van der Waals surface area contributed by atoms with Gasteiger partial charge in [0, 0.05) is 19.5 Å². The molecule has 2 N–H and O–H groups in total. The number of ketones is 1. The summed E-state index contributed by atoms with van der Waals surface area (Å²) in [7, 11) is 0. The molecule has 0 aromatic heterocycles. The van der Waals surface area contributed by atoms with Gasteiger partial charge in [0.05, 0.1) is 5.70 Å². The number of amides is 1. The molecule has 0 saturated carbocycles. The molecule has 1 aliphatic carbocycles. The Balaban J connectivity index is 2.09. The van der Waals surface area contributed by atoms with Crippen molar-refractivity contribution < 1.29 is 9.59 Å². The summed E-state index contributed by atoms with van der Waals surface area (Å²) in [5, 5.41) is 5.90. The van der Waals surface area contributed by atoms with Gasteiger partial charge in [0.25, 0.3) is 0 Å². The highest BCUT2D eigenvalue weighted by molar-refractivity contribution is 6.08. The van der Waals surface area contributed by atoms with Gasteiger partial charge in [-0.3, -0.25) is 9.59 Å². The zero-order valence-corrected chi connectivity index (χ0v) is 11.7. The number of nitrogens with one attached hydrogen (secondary N) is 2. The van der Waals surface area contributed by atoms with Crippen LogP contribution in [0.4, 0.5) is 0 Å². The van der Waals surface area contributed by atoms with Gasteiger partial charge >= 0.3 is 0 Å². The highest BCUT2D eigenvalue weighted by Gasteiger charge is 2.22. The number of hydrogen-bond acceptors (Lipinski definition) is 3. The minimum atomic E-state index is -0.127. The lowest BCUT2D eigenvalue weighted by Crippen LogP contribution is -2.33. The fourth-order valence-electron chi connectivity index (χ4n) is 2.14. The SMILES string of the molecule is CC(C)(C)CC(=O)NC1=CC2=CCNCC2=CC1=O. The lowest BCUT2D eigenvalue weighted by Gasteiger charge is -2.22. The van der Waals surface area contributed by atoms with Gasteiger partial charge in [-0.15, -0.1) is 0 Å². The third kappa shape index (κ3) is 3.64. The summed E-state index contributed by atoms with van der Waals surface area (Å²) >= 11 is 0. The van der Waals surface area contributed by atoms with E-state index in [1.807, 2.05) is 26.8 Å². The summed E-state index contributed by atoms with van der Waals surface area (Å²) in [6.45, 7) is 7.49. The summed E-state index contributed by atoms with van der Waals surface area (Å²) in [6.07, 6.45) is 5.80. The minimum absolute atomic E-state index is 0.0859. The molecule has 0 atom stereocenters. The van der Waals surface area contributed by atoms with E-state index in [0.29, 0.717) is 18.7 Å². The Hall–Kier alpha value is -1.68. The van der Waals surface area contributed by atoms with E-state index in [2.05, 4.69) is 10.6 Å². The van der Waals surface area contributed by atoms with Crippen molar-refractivity contribution in [2.24, 2.45) is 5.41 Å². The summed E-state index contributed by atoms with van der Waals surface area (Å²) < 4.78 is 0. The van der Waals surface area contributed by atoms with Gasteiger partial charge in [0.1, 0.15) is 0 Å². The quantitative estimate of drug-likeness (QED) is 0.790. The fourth-order valence-corrected chi connectivity index (χ4v) is 2.14. The van der Waals surface area contributed by atoms with Crippen molar-refractivity contribution in [3.63, 3.8) is 0 Å². The first-order chi connectivity index (χ1) is 8.85. The standard InChI is InChI=1S/C15H20N2O2/c1-15(2,3)8-14(19)17-12-6-10-4-5-16-9-11(10)7-13(12)18/h4,6-7,16H,5,8-9H2,1-3H3,(H,17,19). The molecule has 0 radical (unpaired) electrons. The summed E-state index contributed by atoms with van der Waals surface area (Å²) in [5.41, 5.74) is 2.32. The molecule has 0 aromatic rings. The molecule has 0 aromatic carbocycles. The monoisotopic (exact) mass is 260 g/mol. The average Bonchev–Trinajstić information content (AvgIpc) is 2.27. The van der Waals surface area contributed by atoms with Gasteiger partial charge in [-0.1, -0.05) is 26.8 Å². The first kappa shape index (κ1) is 13.7. The highest BCUT2D eigenvalue weighted by Crippen LogP contribution is 2.22. The van der Waals surface area contributed by atoms with Gasteiger partial charge in [-0.2, -0.15) is 0 Å². The van der Waals surface area contributed by atoms with Gasteiger partial charge in [-0.25, -0.2) is 0 Å². The van der Waals surface area contributed by atoms with Crippen LogP contribution in [0.5, 0.6) is 0 Å². The summed E-state index contributed by atoms with van der Waals surface area (Å²) in [4.78, 5) is 23.8. The third-order valence-electron chi connectivity index (χ3n) is 2.99. The van der Waals surface area contributed by atoms with Crippen molar-refractivity contribution in [1.29, 1.82) is 0 Å². The Morgan fingerprint density at radius 1 is 1.37 bits per heavy atom. The van der Waals surface area contributed by atoms with Crippen LogP contribution >= 0.6 is 0 Å². The normalized spacial score (nSPS) is 19.1. The maximum Gasteiger partial charge on any atom is 0.225 e. The van der Waals surface area contributed by atoms with E-state index in [1.165, 1.54) is 0 Å². The van der Waals surface area contributed by atoms with E-state index < -0.39 is 0 Å². The van der Waals surface area contributed by atoms with Crippen molar-refractivity contribution in [2.45, 2.75) is 27.2 Å². The molecular weight excluding hydrogens is 240 g/mol. The van der Waals surface area contributed by atoms with Crippen LogP contribution in [0, 0.1) is 5.41 Å². The molecular formula is C15H20N2O2. The first-order valence-electron chi connectivity index (χ1n) is 6.53. The number of fused-ring (bicyclic) bond motifs is 1. The number of hydrogen-bond donors (Lipinski definition) is 2. The van der Waals surface area contributed by atoms with Crippen molar-refractivity contribution in [3.8, 4) is 0 Å². The molecule has 0 unspecified atom stereocenters. The van der Waals surface area contributed by atoms with Crippen LogP contribution in [0.1, 0.15) is 27.2 Å². The van der Waals surface area contributed by atoms with Crippen LogP contribution in [0.15, 0.2) is 35.1 Å².